The Morgan fingerprint density at radius 1 is 1.00 bits per heavy atom. The van der Waals surface area contributed by atoms with Gasteiger partial charge in [0.05, 0.1) is 0 Å². The third-order valence-electron chi connectivity index (χ3n) is 5.20. The SMILES string of the molecule is C=CC1=C(/C=C\C)B2C3=CC=C=CC=C3Oc3cc(Oc4ccccc4)cc(c32)O1. The van der Waals surface area contributed by atoms with Gasteiger partial charge in [0.15, 0.2) is 0 Å². The van der Waals surface area contributed by atoms with Crippen molar-refractivity contribution in [2.75, 3.05) is 0 Å². The molecule has 0 atom stereocenters. The van der Waals surface area contributed by atoms with Crippen LogP contribution in [-0.2, 0) is 0 Å². The maximum atomic E-state index is 6.31. The second-order valence-electron chi connectivity index (χ2n) is 7.06. The Morgan fingerprint density at radius 3 is 2.53 bits per heavy atom. The van der Waals surface area contributed by atoms with Crippen molar-refractivity contribution in [3.05, 3.63) is 120 Å². The van der Waals surface area contributed by atoms with Crippen LogP contribution in [0.15, 0.2) is 120 Å². The normalized spacial score (nSPS) is 16.1. The van der Waals surface area contributed by atoms with Crippen LogP contribution in [0, 0.1) is 0 Å². The number of ether oxygens (including phenoxy) is 3. The highest BCUT2D eigenvalue weighted by Crippen LogP contribution is 2.41. The third-order valence-corrected chi connectivity index (χ3v) is 5.20. The molecule has 0 spiro atoms. The maximum absolute atomic E-state index is 6.31. The highest BCUT2D eigenvalue weighted by atomic mass is 16.5. The molecule has 0 N–H and O–H groups in total. The minimum Gasteiger partial charge on any atom is -0.458 e. The van der Waals surface area contributed by atoms with Crippen molar-refractivity contribution in [2.24, 2.45) is 0 Å². The van der Waals surface area contributed by atoms with Crippen molar-refractivity contribution in [1.82, 2.24) is 0 Å². The summed E-state index contributed by atoms with van der Waals surface area (Å²) in [4.78, 5) is 0. The largest absolute Gasteiger partial charge is 0.458 e. The summed E-state index contributed by atoms with van der Waals surface area (Å²) in [7, 11) is 0. The Morgan fingerprint density at radius 2 is 1.77 bits per heavy atom. The van der Waals surface area contributed by atoms with Crippen LogP contribution >= 0.6 is 0 Å². The van der Waals surface area contributed by atoms with Crippen LogP contribution in [0.4, 0.5) is 0 Å². The number of allylic oxidation sites excluding steroid dienone is 8. The highest BCUT2D eigenvalue weighted by Gasteiger charge is 2.42. The molecule has 0 unspecified atom stereocenters. The first-order valence-corrected chi connectivity index (χ1v) is 9.87. The van der Waals surface area contributed by atoms with Crippen molar-refractivity contribution in [2.45, 2.75) is 6.92 Å². The lowest BCUT2D eigenvalue weighted by molar-refractivity contribution is 0.408. The first-order valence-electron chi connectivity index (χ1n) is 9.87. The second-order valence-corrected chi connectivity index (χ2v) is 7.06. The highest BCUT2D eigenvalue weighted by molar-refractivity contribution is 6.89. The van der Waals surface area contributed by atoms with Crippen LogP contribution < -0.4 is 19.7 Å². The lowest BCUT2D eigenvalue weighted by atomic mass is 9.33. The molecule has 2 heterocycles. The molecule has 3 aliphatic rings. The van der Waals surface area contributed by atoms with E-state index < -0.39 is 0 Å². The monoisotopic (exact) mass is 390 g/mol. The van der Waals surface area contributed by atoms with Crippen molar-refractivity contribution < 1.29 is 14.2 Å². The molecule has 0 amide bonds. The summed E-state index contributed by atoms with van der Waals surface area (Å²) in [5.41, 5.74) is 6.24. The number of fused-ring (bicyclic) bond motifs is 2. The zero-order valence-electron chi connectivity index (χ0n) is 16.6. The first kappa shape index (κ1) is 18.2. The van der Waals surface area contributed by atoms with Gasteiger partial charge in [-0.05, 0) is 54.3 Å². The number of benzene rings is 2. The summed E-state index contributed by atoms with van der Waals surface area (Å²) in [5, 5.41) is 0. The van der Waals surface area contributed by atoms with Gasteiger partial charge in [0.25, 0.3) is 6.71 Å². The number of para-hydroxylation sites is 1. The van der Waals surface area contributed by atoms with Gasteiger partial charge in [0.1, 0.15) is 34.5 Å². The van der Waals surface area contributed by atoms with Crippen LogP contribution in [0.25, 0.3) is 0 Å². The maximum Gasteiger partial charge on any atom is 0.260 e. The summed E-state index contributed by atoms with van der Waals surface area (Å²) in [6, 6.07) is 13.5. The number of rotatable bonds is 4. The molecule has 0 fully saturated rings. The summed E-state index contributed by atoms with van der Waals surface area (Å²) in [5.74, 6) is 4.38. The predicted octanol–water partition coefficient (Wildman–Crippen LogP) is 5.60. The average Bonchev–Trinajstić information content (AvgIpc) is 3.01. The smallest absolute Gasteiger partial charge is 0.260 e. The molecule has 4 heteroatoms. The summed E-state index contributed by atoms with van der Waals surface area (Å²) in [6.45, 7) is 5.95. The summed E-state index contributed by atoms with van der Waals surface area (Å²) < 4.78 is 18.6. The molecule has 0 saturated heterocycles. The van der Waals surface area contributed by atoms with Gasteiger partial charge in [-0.1, -0.05) is 43.0 Å². The van der Waals surface area contributed by atoms with Gasteiger partial charge in [0.2, 0.25) is 0 Å². The molecule has 2 aliphatic heterocycles. The fourth-order valence-electron chi connectivity index (χ4n) is 3.98. The van der Waals surface area contributed by atoms with E-state index in [9.17, 15) is 0 Å². The minimum absolute atomic E-state index is 0.0247. The molecule has 144 valence electrons. The number of hydrogen-bond donors (Lipinski definition) is 0. The van der Waals surface area contributed by atoms with Gasteiger partial charge < -0.3 is 14.2 Å². The van der Waals surface area contributed by atoms with Gasteiger partial charge in [-0.2, -0.15) is 0 Å². The van der Waals surface area contributed by atoms with Gasteiger partial charge in [-0.15, -0.1) is 5.73 Å². The van der Waals surface area contributed by atoms with E-state index in [0.717, 1.165) is 39.4 Å². The lowest BCUT2D eigenvalue weighted by Crippen LogP contribution is -2.45. The molecule has 2 aromatic carbocycles. The Balaban J connectivity index is 1.70. The van der Waals surface area contributed by atoms with E-state index in [1.165, 1.54) is 0 Å². The fourth-order valence-corrected chi connectivity index (χ4v) is 3.98. The zero-order valence-corrected chi connectivity index (χ0v) is 16.6. The molecule has 0 saturated carbocycles. The van der Waals surface area contributed by atoms with E-state index in [1.54, 1.807) is 6.08 Å². The molecule has 2 aromatic rings. The van der Waals surface area contributed by atoms with Crippen molar-refractivity contribution in [1.29, 1.82) is 0 Å². The molecular formula is C26H19BO3. The van der Waals surface area contributed by atoms with Crippen molar-refractivity contribution in [3.8, 4) is 23.0 Å². The Labute approximate surface area is 176 Å². The van der Waals surface area contributed by atoms with Crippen LogP contribution in [0.2, 0.25) is 0 Å². The summed E-state index contributed by atoms with van der Waals surface area (Å²) >= 11 is 0. The fraction of sp³-hybridized carbons (Fsp3) is 0.0385. The Hall–Kier alpha value is -3.88. The molecular weight excluding hydrogens is 371 g/mol. The molecule has 5 rings (SSSR count). The van der Waals surface area contributed by atoms with E-state index in [1.807, 2.05) is 73.7 Å². The lowest BCUT2D eigenvalue weighted by Gasteiger charge is -2.34. The zero-order chi connectivity index (χ0) is 20.5. The molecule has 0 aromatic heterocycles. The van der Waals surface area contributed by atoms with E-state index >= 15 is 0 Å². The quantitative estimate of drug-likeness (QED) is 0.503. The minimum atomic E-state index is -0.0247. The number of hydrogen-bond acceptors (Lipinski definition) is 3. The van der Waals surface area contributed by atoms with E-state index in [4.69, 9.17) is 14.2 Å². The molecule has 3 nitrogen and oxygen atoms in total. The third kappa shape index (κ3) is 3.04. The molecule has 0 radical (unpaired) electrons. The topological polar surface area (TPSA) is 27.7 Å². The van der Waals surface area contributed by atoms with E-state index in [0.29, 0.717) is 11.5 Å². The molecule has 1 aliphatic carbocycles. The van der Waals surface area contributed by atoms with Gasteiger partial charge >= 0.3 is 0 Å². The molecule has 30 heavy (non-hydrogen) atoms. The van der Waals surface area contributed by atoms with Crippen LogP contribution in [0.3, 0.4) is 0 Å². The van der Waals surface area contributed by atoms with Gasteiger partial charge in [-0.25, -0.2) is 0 Å². The van der Waals surface area contributed by atoms with Crippen LogP contribution in [0.1, 0.15) is 6.92 Å². The Bertz CT molecular complexity index is 1220. The average molecular weight is 390 g/mol. The Kier molecular flexibility index (Phi) is 4.55. The van der Waals surface area contributed by atoms with E-state index in [-0.39, 0.29) is 6.71 Å². The second kappa shape index (κ2) is 7.51. The standard InChI is InChI=1S/C26H19BO3/c1-3-11-20-22(4-2)29-24-16-19(28-18-12-7-5-8-13-18)17-25-26(24)27(20)21-14-9-6-10-15-23(21)30-25/h3-5,7-17H,2H2,1H3/b11-3-. The predicted molar refractivity (Wildman–Crippen MR) is 120 cm³/mol. The van der Waals surface area contributed by atoms with Crippen molar-refractivity contribution in [3.63, 3.8) is 0 Å². The van der Waals surface area contributed by atoms with Gasteiger partial charge in [-0.3, -0.25) is 0 Å². The van der Waals surface area contributed by atoms with E-state index in [2.05, 4.69) is 24.5 Å². The van der Waals surface area contributed by atoms with Gasteiger partial charge in [0, 0.05) is 17.6 Å². The summed E-state index contributed by atoms with van der Waals surface area (Å²) in [6.07, 6.45) is 13.6. The van der Waals surface area contributed by atoms with Crippen LogP contribution in [0.5, 0.6) is 23.0 Å². The molecule has 0 bridgehead atoms. The van der Waals surface area contributed by atoms with Crippen molar-refractivity contribution >= 4 is 12.2 Å². The van der Waals surface area contributed by atoms with Crippen LogP contribution in [-0.4, -0.2) is 6.71 Å². The first-order chi connectivity index (χ1) is 14.8.